The van der Waals surface area contributed by atoms with E-state index in [-0.39, 0.29) is 11.6 Å². The summed E-state index contributed by atoms with van der Waals surface area (Å²) in [7, 11) is 0. The third kappa shape index (κ3) is 1.76. The smallest absolute Gasteiger partial charge is 0.283 e. The maximum atomic E-state index is 14.1. The molecule has 0 aromatic heterocycles. The van der Waals surface area contributed by atoms with E-state index in [0.717, 1.165) is 6.07 Å². The topological polar surface area (TPSA) is 47.6 Å². The Morgan fingerprint density at radius 2 is 2.10 bits per heavy atom. The zero-order chi connectivity index (χ0) is 14.5. The Bertz CT molecular complexity index is 620. The molecule has 0 fully saturated rings. The van der Waals surface area contributed by atoms with Crippen molar-refractivity contribution >= 4 is 22.0 Å². The molecule has 2 aliphatic rings. The molecule has 3 nitrogen and oxygen atoms in total. The lowest BCUT2D eigenvalue weighted by atomic mass is 9.70. The molecule has 0 radical (unpaired) electrons. The molecular formula is C13H10BrF3N2O. The zero-order valence-electron chi connectivity index (χ0n) is 10.1. The molecule has 106 valence electrons. The van der Waals surface area contributed by atoms with Crippen LogP contribution in [0.15, 0.2) is 39.8 Å². The van der Waals surface area contributed by atoms with E-state index in [1.54, 1.807) is 12.2 Å². The number of nitrogens with two attached hydrogens (primary N) is 1. The normalized spacial score (nSPS) is 31.4. The van der Waals surface area contributed by atoms with Crippen molar-refractivity contribution in [1.82, 2.24) is 0 Å². The number of fused-ring (bicyclic) bond motifs is 1. The predicted molar refractivity (Wildman–Crippen MR) is 70.9 cm³/mol. The minimum atomic E-state index is -2.91. The van der Waals surface area contributed by atoms with Crippen molar-refractivity contribution in [2.45, 2.75) is 18.1 Å². The fraction of sp³-hybridized carbons (Fsp3) is 0.308. The molecule has 0 bridgehead atoms. The van der Waals surface area contributed by atoms with Gasteiger partial charge in [-0.2, -0.15) is 0 Å². The summed E-state index contributed by atoms with van der Waals surface area (Å²) in [6.07, 6.45) is -0.349. The quantitative estimate of drug-likeness (QED) is 0.837. The van der Waals surface area contributed by atoms with Gasteiger partial charge in [0.15, 0.2) is 5.54 Å². The Morgan fingerprint density at radius 1 is 1.35 bits per heavy atom. The lowest BCUT2D eigenvalue weighted by molar-refractivity contribution is -0.0282. The standard InChI is InChI=1S/C13H10BrF3N2O/c14-6-1-3-9(15)8(5-6)13(11(16)17)7-2-4-10(7)20-12(18)19-13/h1-5,7,10-11H,(H2,18,19)/t7-,10+,13-/m0/s1. The molecule has 1 aliphatic carbocycles. The number of hydrogen-bond donors (Lipinski definition) is 1. The Morgan fingerprint density at radius 3 is 2.70 bits per heavy atom. The molecule has 0 spiro atoms. The summed E-state index contributed by atoms with van der Waals surface area (Å²) in [6, 6.07) is 3.53. The average Bonchev–Trinajstić information content (AvgIpc) is 2.35. The van der Waals surface area contributed by atoms with Gasteiger partial charge in [0.1, 0.15) is 11.9 Å². The lowest BCUT2D eigenvalue weighted by Crippen LogP contribution is -2.54. The average molecular weight is 347 g/mol. The Balaban J connectivity index is 2.24. The van der Waals surface area contributed by atoms with Gasteiger partial charge in [0.2, 0.25) is 0 Å². The van der Waals surface area contributed by atoms with Crippen LogP contribution in [0.2, 0.25) is 0 Å². The van der Waals surface area contributed by atoms with Crippen LogP contribution in [0.25, 0.3) is 0 Å². The fourth-order valence-electron chi connectivity index (χ4n) is 2.60. The molecule has 1 heterocycles. The Hall–Kier alpha value is -1.50. The lowest BCUT2D eigenvalue weighted by Gasteiger charge is -2.46. The number of ether oxygens (including phenoxy) is 1. The molecule has 2 N–H and O–H groups in total. The van der Waals surface area contributed by atoms with Gasteiger partial charge in [-0.3, -0.25) is 0 Å². The van der Waals surface area contributed by atoms with Crippen LogP contribution in [0.4, 0.5) is 13.2 Å². The molecule has 1 aromatic rings. The van der Waals surface area contributed by atoms with Gasteiger partial charge in [-0.25, -0.2) is 18.2 Å². The minimum Gasteiger partial charge on any atom is -0.457 e. The highest BCUT2D eigenvalue weighted by Gasteiger charge is 2.57. The summed E-state index contributed by atoms with van der Waals surface area (Å²) in [5, 5.41) is 0. The molecule has 0 unspecified atom stereocenters. The third-order valence-corrected chi connectivity index (χ3v) is 4.11. The number of nitrogens with zero attached hydrogens (tertiary/aromatic N) is 1. The van der Waals surface area contributed by atoms with E-state index < -0.39 is 29.8 Å². The number of halogens is 4. The van der Waals surface area contributed by atoms with Crippen LogP contribution >= 0.6 is 15.9 Å². The Labute approximate surface area is 121 Å². The van der Waals surface area contributed by atoms with Gasteiger partial charge in [-0.15, -0.1) is 0 Å². The van der Waals surface area contributed by atoms with Gasteiger partial charge in [-0.05, 0) is 24.3 Å². The van der Waals surface area contributed by atoms with Crippen LogP contribution in [0, 0.1) is 11.7 Å². The van der Waals surface area contributed by atoms with E-state index in [0.29, 0.717) is 4.47 Å². The van der Waals surface area contributed by atoms with Crippen LogP contribution in [0.5, 0.6) is 0 Å². The van der Waals surface area contributed by atoms with Gasteiger partial charge in [-0.1, -0.05) is 22.0 Å². The number of alkyl halides is 2. The first-order valence-electron chi connectivity index (χ1n) is 5.89. The van der Waals surface area contributed by atoms with Gasteiger partial charge < -0.3 is 10.5 Å². The second-order valence-electron chi connectivity index (χ2n) is 4.69. The SMILES string of the molecule is NC1=N[C@@](c2cc(Br)ccc2F)(C(F)F)[C@H]2C=C[C@H]2O1. The van der Waals surface area contributed by atoms with Crippen LogP contribution in [-0.2, 0) is 10.3 Å². The largest absolute Gasteiger partial charge is 0.457 e. The van der Waals surface area contributed by atoms with Gasteiger partial charge >= 0.3 is 0 Å². The molecule has 1 aromatic carbocycles. The van der Waals surface area contributed by atoms with Gasteiger partial charge in [0.05, 0.1) is 5.92 Å². The first-order valence-corrected chi connectivity index (χ1v) is 6.68. The van der Waals surface area contributed by atoms with Crippen LogP contribution in [-0.4, -0.2) is 18.6 Å². The van der Waals surface area contributed by atoms with Crippen LogP contribution in [0.3, 0.4) is 0 Å². The highest BCUT2D eigenvalue weighted by Crippen LogP contribution is 2.49. The maximum Gasteiger partial charge on any atom is 0.283 e. The van der Waals surface area contributed by atoms with Crippen molar-refractivity contribution in [1.29, 1.82) is 0 Å². The van der Waals surface area contributed by atoms with Crippen LogP contribution < -0.4 is 5.73 Å². The molecule has 3 rings (SSSR count). The third-order valence-electron chi connectivity index (χ3n) is 3.61. The van der Waals surface area contributed by atoms with Crippen LogP contribution in [0.1, 0.15) is 5.56 Å². The van der Waals surface area contributed by atoms with Gasteiger partial charge in [0.25, 0.3) is 12.4 Å². The Kier molecular flexibility index (Phi) is 3.04. The molecular weight excluding hydrogens is 337 g/mol. The number of benzene rings is 1. The highest BCUT2D eigenvalue weighted by atomic mass is 79.9. The first kappa shape index (κ1) is 13.5. The monoisotopic (exact) mass is 346 g/mol. The maximum absolute atomic E-state index is 14.1. The summed E-state index contributed by atoms with van der Waals surface area (Å²) in [4.78, 5) is 3.78. The predicted octanol–water partition coefficient (Wildman–Crippen LogP) is 2.95. The number of rotatable bonds is 2. The van der Waals surface area contributed by atoms with Crippen molar-refractivity contribution in [3.63, 3.8) is 0 Å². The van der Waals surface area contributed by atoms with Crippen molar-refractivity contribution in [3.8, 4) is 0 Å². The minimum absolute atomic E-state index is 0.188. The first-order chi connectivity index (χ1) is 9.45. The fourth-order valence-corrected chi connectivity index (χ4v) is 2.96. The highest BCUT2D eigenvalue weighted by molar-refractivity contribution is 9.10. The van der Waals surface area contributed by atoms with E-state index in [4.69, 9.17) is 10.5 Å². The summed E-state index contributed by atoms with van der Waals surface area (Å²) in [5.41, 5.74) is 3.25. The van der Waals surface area contributed by atoms with E-state index in [2.05, 4.69) is 20.9 Å². The summed E-state index contributed by atoms with van der Waals surface area (Å²) >= 11 is 3.16. The summed E-state index contributed by atoms with van der Waals surface area (Å²) < 4.78 is 47.3. The number of aliphatic imine (C=N–C) groups is 1. The van der Waals surface area contributed by atoms with E-state index in [9.17, 15) is 13.2 Å². The number of hydrogen-bond acceptors (Lipinski definition) is 3. The van der Waals surface area contributed by atoms with Crippen molar-refractivity contribution in [2.75, 3.05) is 0 Å². The molecule has 7 heteroatoms. The van der Waals surface area contributed by atoms with Crippen molar-refractivity contribution < 1.29 is 17.9 Å². The van der Waals surface area contributed by atoms with E-state index in [1.165, 1.54) is 12.1 Å². The molecule has 0 saturated heterocycles. The number of amidine groups is 1. The molecule has 3 atom stereocenters. The molecule has 0 amide bonds. The van der Waals surface area contributed by atoms with Crippen molar-refractivity contribution in [3.05, 3.63) is 46.2 Å². The second-order valence-corrected chi connectivity index (χ2v) is 5.61. The summed E-state index contributed by atoms with van der Waals surface area (Å²) in [6.45, 7) is 0. The second kappa shape index (κ2) is 4.51. The molecule has 0 saturated carbocycles. The van der Waals surface area contributed by atoms with E-state index in [1.807, 2.05) is 0 Å². The molecule has 20 heavy (non-hydrogen) atoms. The van der Waals surface area contributed by atoms with Gasteiger partial charge in [0, 0.05) is 10.0 Å². The zero-order valence-corrected chi connectivity index (χ0v) is 11.6. The summed E-state index contributed by atoms with van der Waals surface area (Å²) in [5.74, 6) is -1.48. The molecule has 1 aliphatic heterocycles. The van der Waals surface area contributed by atoms with E-state index >= 15 is 0 Å². The van der Waals surface area contributed by atoms with Crippen molar-refractivity contribution in [2.24, 2.45) is 16.6 Å².